The Labute approximate surface area is 152 Å². The predicted octanol–water partition coefficient (Wildman–Crippen LogP) is 1.11. The molecule has 1 saturated heterocycles. The summed E-state index contributed by atoms with van der Waals surface area (Å²) < 4.78 is 5.12. The molecule has 0 spiro atoms. The van der Waals surface area contributed by atoms with Crippen molar-refractivity contribution in [1.29, 1.82) is 0 Å². The van der Waals surface area contributed by atoms with E-state index in [1.165, 1.54) is 0 Å². The van der Waals surface area contributed by atoms with Gasteiger partial charge < -0.3 is 19.4 Å². The lowest BCUT2D eigenvalue weighted by atomic mass is 9.92. The van der Waals surface area contributed by atoms with Crippen molar-refractivity contribution in [1.82, 2.24) is 20.0 Å². The summed E-state index contributed by atoms with van der Waals surface area (Å²) >= 11 is 0. The lowest BCUT2D eigenvalue weighted by Gasteiger charge is -2.41. The van der Waals surface area contributed by atoms with Crippen molar-refractivity contribution in [2.24, 2.45) is 0 Å². The number of β-amino-alcohol motifs (C(OH)–C–C–N with tert-alkyl or cyclic N) is 1. The number of hydrogen-bond acceptors (Lipinski definition) is 7. The van der Waals surface area contributed by atoms with Crippen molar-refractivity contribution in [3.05, 3.63) is 35.5 Å². The van der Waals surface area contributed by atoms with Crippen LogP contribution in [0.4, 0.5) is 5.95 Å². The third-order valence-electron chi connectivity index (χ3n) is 4.86. The summed E-state index contributed by atoms with van der Waals surface area (Å²) in [7, 11) is 1.72. The Kier molecular flexibility index (Phi) is 5.22. The maximum absolute atomic E-state index is 12.6. The molecular formula is C18H25N5O3. The molecule has 140 valence electrons. The number of rotatable bonds is 5. The lowest BCUT2D eigenvalue weighted by Crippen LogP contribution is -2.55. The Morgan fingerprint density at radius 1 is 1.38 bits per heavy atom. The van der Waals surface area contributed by atoms with Gasteiger partial charge in [-0.05, 0) is 32.8 Å². The largest absolute Gasteiger partial charge is 0.386 e. The second-order valence-corrected chi connectivity index (χ2v) is 7.03. The molecule has 2 aromatic rings. The van der Waals surface area contributed by atoms with Crippen LogP contribution in [0.15, 0.2) is 23.0 Å². The Balaban J connectivity index is 1.64. The third-order valence-corrected chi connectivity index (χ3v) is 4.86. The van der Waals surface area contributed by atoms with Gasteiger partial charge in [0.25, 0.3) is 0 Å². The summed E-state index contributed by atoms with van der Waals surface area (Å²) in [4.78, 5) is 24.7. The smallest absolute Gasteiger partial charge is 0.227 e. The van der Waals surface area contributed by atoms with E-state index in [-0.39, 0.29) is 18.9 Å². The molecule has 1 atom stereocenters. The molecule has 8 nitrogen and oxygen atoms in total. The highest BCUT2D eigenvalue weighted by Crippen LogP contribution is 2.25. The van der Waals surface area contributed by atoms with Gasteiger partial charge in [0.15, 0.2) is 0 Å². The van der Waals surface area contributed by atoms with Gasteiger partial charge in [0, 0.05) is 31.5 Å². The van der Waals surface area contributed by atoms with E-state index in [0.717, 1.165) is 24.2 Å². The standard InChI is InChI=1S/C18H25N5O3/c1-13-15(14(2)26-21-13)10-16(24)22(3)11-18(25)6-4-9-23(12-18)17-19-7-5-8-20-17/h5,7-8,25H,4,6,9-12H2,1-3H3/t18-/m0/s1. The van der Waals surface area contributed by atoms with Crippen LogP contribution in [0.25, 0.3) is 0 Å². The van der Waals surface area contributed by atoms with E-state index in [0.29, 0.717) is 24.7 Å². The number of aromatic nitrogens is 3. The molecule has 0 bridgehead atoms. The Morgan fingerprint density at radius 3 is 2.77 bits per heavy atom. The van der Waals surface area contributed by atoms with Crippen LogP contribution in [0, 0.1) is 13.8 Å². The highest BCUT2D eigenvalue weighted by Gasteiger charge is 2.36. The zero-order chi connectivity index (χ0) is 18.7. The summed E-state index contributed by atoms with van der Waals surface area (Å²) in [6.45, 7) is 5.09. The first-order valence-electron chi connectivity index (χ1n) is 8.78. The van der Waals surface area contributed by atoms with Crippen molar-refractivity contribution in [2.45, 2.75) is 38.7 Å². The van der Waals surface area contributed by atoms with E-state index in [4.69, 9.17) is 4.52 Å². The highest BCUT2D eigenvalue weighted by atomic mass is 16.5. The van der Waals surface area contributed by atoms with Gasteiger partial charge in [-0.2, -0.15) is 0 Å². The minimum atomic E-state index is -0.986. The maximum Gasteiger partial charge on any atom is 0.227 e. The Bertz CT molecular complexity index is 744. The van der Waals surface area contributed by atoms with Gasteiger partial charge in [-0.1, -0.05) is 5.16 Å². The second kappa shape index (κ2) is 7.41. The van der Waals surface area contributed by atoms with Crippen LogP contribution < -0.4 is 4.90 Å². The molecule has 1 aliphatic heterocycles. The van der Waals surface area contributed by atoms with Crippen LogP contribution in [0.1, 0.15) is 29.9 Å². The van der Waals surface area contributed by atoms with E-state index in [1.807, 2.05) is 11.8 Å². The number of likely N-dealkylation sites (N-methyl/N-ethyl adjacent to an activating group) is 1. The van der Waals surface area contributed by atoms with Gasteiger partial charge in [0.1, 0.15) is 5.76 Å². The maximum atomic E-state index is 12.6. The summed E-state index contributed by atoms with van der Waals surface area (Å²) in [5.41, 5.74) is 0.561. The van der Waals surface area contributed by atoms with Crippen LogP contribution >= 0.6 is 0 Å². The van der Waals surface area contributed by atoms with Crippen molar-refractivity contribution in [3.63, 3.8) is 0 Å². The van der Waals surface area contributed by atoms with E-state index in [9.17, 15) is 9.90 Å². The predicted molar refractivity (Wildman–Crippen MR) is 95.7 cm³/mol. The zero-order valence-corrected chi connectivity index (χ0v) is 15.5. The minimum Gasteiger partial charge on any atom is -0.386 e. The number of nitrogens with zero attached hydrogens (tertiary/aromatic N) is 5. The fourth-order valence-electron chi connectivity index (χ4n) is 3.44. The monoisotopic (exact) mass is 359 g/mol. The third kappa shape index (κ3) is 4.01. The molecule has 8 heteroatoms. The molecule has 1 aliphatic rings. The molecule has 3 heterocycles. The first-order chi connectivity index (χ1) is 12.4. The number of carbonyl (C=O) groups excluding carboxylic acids is 1. The molecule has 0 unspecified atom stereocenters. The summed E-state index contributed by atoms with van der Waals surface area (Å²) in [5.74, 6) is 1.20. The Hall–Kier alpha value is -2.48. The highest BCUT2D eigenvalue weighted by molar-refractivity contribution is 5.79. The SMILES string of the molecule is Cc1noc(C)c1CC(=O)N(C)C[C@@]1(O)CCCN(c2ncccn2)C1. The second-order valence-electron chi connectivity index (χ2n) is 7.03. The molecule has 26 heavy (non-hydrogen) atoms. The fourth-order valence-corrected chi connectivity index (χ4v) is 3.44. The molecular weight excluding hydrogens is 334 g/mol. The normalized spacial score (nSPS) is 20.2. The Morgan fingerprint density at radius 2 is 2.12 bits per heavy atom. The van der Waals surface area contributed by atoms with Crippen molar-refractivity contribution < 1.29 is 14.4 Å². The van der Waals surface area contributed by atoms with Gasteiger partial charge in [-0.3, -0.25) is 4.79 Å². The first kappa shape index (κ1) is 18.3. The van der Waals surface area contributed by atoms with Crippen LogP contribution in [-0.4, -0.2) is 63.3 Å². The number of piperidine rings is 1. The van der Waals surface area contributed by atoms with Gasteiger partial charge >= 0.3 is 0 Å². The van der Waals surface area contributed by atoms with E-state index >= 15 is 0 Å². The van der Waals surface area contributed by atoms with Crippen LogP contribution in [0.3, 0.4) is 0 Å². The summed E-state index contributed by atoms with van der Waals surface area (Å²) in [6.07, 6.45) is 5.06. The molecule has 2 aromatic heterocycles. The van der Waals surface area contributed by atoms with Crippen LogP contribution in [0.2, 0.25) is 0 Å². The van der Waals surface area contributed by atoms with Gasteiger partial charge in [0.2, 0.25) is 11.9 Å². The minimum absolute atomic E-state index is 0.0686. The fraction of sp³-hybridized carbons (Fsp3) is 0.556. The average Bonchev–Trinajstić information content (AvgIpc) is 2.94. The van der Waals surface area contributed by atoms with E-state index in [1.54, 1.807) is 37.3 Å². The van der Waals surface area contributed by atoms with Gasteiger partial charge in [-0.15, -0.1) is 0 Å². The molecule has 0 aromatic carbocycles. The number of amides is 1. The summed E-state index contributed by atoms with van der Waals surface area (Å²) in [6, 6.07) is 1.76. The number of carbonyl (C=O) groups is 1. The van der Waals surface area contributed by atoms with Gasteiger partial charge in [0.05, 0.1) is 30.8 Å². The molecule has 0 saturated carbocycles. The quantitative estimate of drug-likeness (QED) is 0.854. The number of hydrogen-bond donors (Lipinski definition) is 1. The number of aliphatic hydroxyl groups is 1. The zero-order valence-electron chi connectivity index (χ0n) is 15.5. The lowest BCUT2D eigenvalue weighted by molar-refractivity contribution is -0.132. The van der Waals surface area contributed by atoms with Gasteiger partial charge in [-0.25, -0.2) is 9.97 Å². The number of anilines is 1. The first-order valence-corrected chi connectivity index (χ1v) is 8.78. The van der Waals surface area contributed by atoms with Crippen LogP contribution in [-0.2, 0) is 11.2 Å². The molecule has 1 fully saturated rings. The van der Waals surface area contributed by atoms with Crippen molar-refractivity contribution in [2.75, 3.05) is 31.6 Å². The molecule has 1 amide bonds. The van der Waals surface area contributed by atoms with Crippen molar-refractivity contribution in [3.8, 4) is 0 Å². The van der Waals surface area contributed by atoms with Crippen molar-refractivity contribution >= 4 is 11.9 Å². The summed E-state index contributed by atoms with van der Waals surface area (Å²) in [5, 5.41) is 14.9. The average molecular weight is 359 g/mol. The molecule has 0 aliphatic carbocycles. The topological polar surface area (TPSA) is 95.6 Å². The molecule has 3 rings (SSSR count). The molecule has 0 radical (unpaired) electrons. The van der Waals surface area contributed by atoms with E-state index < -0.39 is 5.60 Å². The van der Waals surface area contributed by atoms with Crippen LogP contribution in [0.5, 0.6) is 0 Å². The molecule has 1 N–H and O–H groups in total. The van der Waals surface area contributed by atoms with E-state index in [2.05, 4.69) is 15.1 Å². The number of aryl methyl sites for hydroxylation is 2.